The molecular formula is C13H21BrN2O. The van der Waals surface area contributed by atoms with E-state index in [-0.39, 0.29) is 12.0 Å². The van der Waals surface area contributed by atoms with Crippen molar-refractivity contribution >= 4 is 15.9 Å². The molecule has 0 heterocycles. The second-order valence-corrected chi connectivity index (χ2v) is 5.42. The Morgan fingerprint density at radius 3 is 2.41 bits per heavy atom. The molecule has 0 fully saturated rings. The zero-order valence-electron chi connectivity index (χ0n) is 10.6. The zero-order valence-corrected chi connectivity index (χ0v) is 12.2. The summed E-state index contributed by atoms with van der Waals surface area (Å²) < 4.78 is 6.13. The second kappa shape index (κ2) is 6.38. The van der Waals surface area contributed by atoms with E-state index < -0.39 is 0 Å². The fourth-order valence-electron chi connectivity index (χ4n) is 1.97. The number of rotatable bonds is 5. The predicted molar refractivity (Wildman–Crippen MR) is 75.0 cm³/mol. The molecule has 0 amide bonds. The van der Waals surface area contributed by atoms with Crippen molar-refractivity contribution in [3.05, 3.63) is 28.2 Å². The smallest absolute Gasteiger partial charge is 0.133 e. The number of hydrogen-bond donors (Lipinski definition) is 2. The lowest BCUT2D eigenvalue weighted by Gasteiger charge is -2.26. The van der Waals surface area contributed by atoms with Gasteiger partial charge in [0.05, 0.1) is 11.6 Å². The molecule has 0 spiro atoms. The molecule has 0 bridgehead atoms. The molecule has 0 radical (unpaired) electrons. The number of hydrogen-bond acceptors (Lipinski definition) is 3. The van der Waals surface area contributed by atoms with E-state index in [0.29, 0.717) is 12.5 Å². The molecule has 0 saturated carbocycles. The number of halogens is 1. The third-order valence-corrected chi connectivity index (χ3v) is 3.77. The first-order valence-corrected chi connectivity index (χ1v) is 6.59. The van der Waals surface area contributed by atoms with Crippen molar-refractivity contribution in [3.63, 3.8) is 0 Å². The molecule has 0 saturated heterocycles. The van der Waals surface area contributed by atoms with E-state index in [1.54, 1.807) is 7.11 Å². The topological polar surface area (TPSA) is 61.3 Å². The number of methoxy groups -OCH3 is 1. The maximum atomic E-state index is 6.27. The monoisotopic (exact) mass is 300 g/mol. The van der Waals surface area contributed by atoms with E-state index in [2.05, 4.69) is 29.8 Å². The standard InChI is InChI=1S/C13H21BrN2O/c1-8(2)10(7-15)13(16)9-4-5-12(17-3)11(14)6-9/h4-6,8,10,13H,7,15-16H2,1-3H3. The molecule has 0 aliphatic carbocycles. The van der Waals surface area contributed by atoms with Crippen molar-refractivity contribution in [1.82, 2.24) is 0 Å². The first kappa shape index (κ1) is 14.5. The van der Waals surface area contributed by atoms with Crippen LogP contribution < -0.4 is 16.2 Å². The van der Waals surface area contributed by atoms with Gasteiger partial charge in [0.25, 0.3) is 0 Å². The molecule has 2 atom stereocenters. The van der Waals surface area contributed by atoms with E-state index in [1.165, 1.54) is 0 Å². The van der Waals surface area contributed by atoms with Gasteiger partial charge in [0.15, 0.2) is 0 Å². The third kappa shape index (κ3) is 3.44. The number of ether oxygens (including phenoxy) is 1. The molecule has 1 aromatic carbocycles. The highest BCUT2D eigenvalue weighted by Crippen LogP contribution is 2.31. The Kier molecular flexibility index (Phi) is 5.43. The van der Waals surface area contributed by atoms with Gasteiger partial charge in [0, 0.05) is 6.04 Å². The van der Waals surface area contributed by atoms with Crippen LogP contribution in [0, 0.1) is 11.8 Å². The van der Waals surface area contributed by atoms with Crippen molar-refractivity contribution in [1.29, 1.82) is 0 Å². The van der Waals surface area contributed by atoms with E-state index in [9.17, 15) is 0 Å². The average molecular weight is 301 g/mol. The largest absolute Gasteiger partial charge is 0.496 e. The van der Waals surface area contributed by atoms with Crippen molar-refractivity contribution in [3.8, 4) is 5.75 Å². The van der Waals surface area contributed by atoms with E-state index in [0.717, 1.165) is 15.8 Å². The molecule has 17 heavy (non-hydrogen) atoms. The van der Waals surface area contributed by atoms with E-state index >= 15 is 0 Å². The minimum atomic E-state index is -0.0396. The molecule has 0 aromatic heterocycles. The third-order valence-electron chi connectivity index (χ3n) is 3.15. The lowest BCUT2D eigenvalue weighted by molar-refractivity contribution is 0.331. The van der Waals surface area contributed by atoms with Crippen LogP contribution in [0.1, 0.15) is 25.5 Å². The van der Waals surface area contributed by atoms with Gasteiger partial charge < -0.3 is 16.2 Å². The maximum absolute atomic E-state index is 6.27. The predicted octanol–water partition coefficient (Wildman–Crippen LogP) is 2.69. The summed E-state index contributed by atoms with van der Waals surface area (Å²) in [5.74, 6) is 1.57. The summed E-state index contributed by atoms with van der Waals surface area (Å²) in [6.45, 7) is 4.90. The van der Waals surface area contributed by atoms with E-state index in [4.69, 9.17) is 16.2 Å². The minimum Gasteiger partial charge on any atom is -0.496 e. The SMILES string of the molecule is COc1ccc(C(N)C(CN)C(C)C)cc1Br. The highest BCUT2D eigenvalue weighted by molar-refractivity contribution is 9.10. The van der Waals surface area contributed by atoms with Crippen molar-refractivity contribution in [2.24, 2.45) is 23.3 Å². The fraction of sp³-hybridized carbons (Fsp3) is 0.538. The Balaban J connectivity index is 2.95. The van der Waals surface area contributed by atoms with E-state index in [1.807, 2.05) is 18.2 Å². The van der Waals surface area contributed by atoms with Crippen molar-refractivity contribution in [2.45, 2.75) is 19.9 Å². The summed E-state index contributed by atoms with van der Waals surface area (Å²) in [4.78, 5) is 0. The molecule has 1 rings (SSSR count). The highest BCUT2D eigenvalue weighted by Gasteiger charge is 2.21. The van der Waals surface area contributed by atoms with Crippen LogP contribution in [0.5, 0.6) is 5.75 Å². The van der Waals surface area contributed by atoms with Crippen LogP contribution in [0.15, 0.2) is 22.7 Å². The lowest BCUT2D eigenvalue weighted by atomic mass is 9.85. The van der Waals surface area contributed by atoms with Crippen LogP contribution in [-0.4, -0.2) is 13.7 Å². The van der Waals surface area contributed by atoms with Gasteiger partial charge in [0.2, 0.25) is 0 Å². The summed E-state index contributed by atoms with van der Waals surface area (Å²) in [5.41, 5.74) is 13.1. The van der Waals surface area contributed by atoms with Crippen LogP contribution in [0.3, 0.4) is 0 Å². The summed E-state index contributed by atoms with van der Waals surface area (Å²) in [7, 11) is 1.65. The number of nitrogens with two attached hydrogens (primary N) is 2. The van der Waals surface area contributed by atoms with Crippen LogP contribution >= 0.6 is 15.9 Å². The van der Waals surface area contributed by atoms with Gasteiger partial charge >= 0.3 is 0 Å². The molecule has 1 aromatic rings. The second-order valence-electron chi connectivity index (χ2n) is 4.56. The summed E-state index contributed by atoms with van der Waals surface area (Å²) in [6.07, 6.45) is 0. The van der Waals surface area contributed by atoms with Gasteiger partial charge in [0.1, 0.15) is 5.75 Å². The van der Waals surface area contributed by atoms with Crippen LogP contribution in [0.25, 0.3) is 0 Å². The molecule has 3 nitrogen and oxygen atoms in total. The van der Waals surface area contributed by atoms with Crippen LogP contribution in [-0.2, 0) is 0 Å². The molecule has 0 aliphatic heterocycles. The Morgan fingerprint density at radius 1 is 1.35 bits per heavy atom. The average Bonchev–Trinajstić information content (AvgIpc) is 2.29. The Bertz CT molecular complexity index is 368. The van der Waals surface area contributed by atoms with Gasteiger partial charge in [-0.05, 0) is 52.0 Å². The first-order valence-electron chi connectivity index (χ1n) is 5.80. The maximum Gasteiger partial charge on any atom is 0.133 e. The Morgan fingerprint density at radius 2 is 2.00 bits per heavy atom. The summed E-state index contributed by atoms with van der Waals surface area (Å²) >= 11 is 3.47. The number of benzene rings is 1. The minimum absolute atomic E-state index is 0.0396. The molecule has 4 N–H and O–H groups in total. The first-order chi connectivity index (χ1) is 8.01. The molecule has 0 aliphatic rings. The van der Waals surface area contributed by atoms with Gasteiger partial charge in [-0.15, -0.1) is 0 Å². The molecule has 2 unspecified atom stereocenters. The van der Waals surface area contributed by atoms with Crippen LogP contribution in [0.2, 0.25) is 0 Å². The Hall–Kier alpha value is -0.580. The lowest BCUT2D eigenvalue weighted by Crippen LogP contribution is -2.31. The molecule has 96 valence electrons. The zero-order chi connectivity index (χ0) is 13.0. The van der Waals surface area contributed by atoms with Crippen molar-refractivity contribution < 1.29 is 4.74 Å². The summed E-state index contributed by atoms with van der Waals surface area (Å²) in [5, 5.41) is 0. The molecular weight excluding hydrogens is 280 g/mol. The fourth-order valence-corrected chi connectivity index (χ4v) is 2.53. The van der Waals surface area contributed by atoms with Gasteiger partial charge in [-0.1, -0.05) is 19.9 Å². The van der Waals surface area contributed by atoms with Gasteiger partial charge in [-0.3, -0.25) is 0 Å². The molecule has 4 heteroatoms. The van der Waals surface area contributed by atoms with Gasteiger partial charge in [-0.2, -0.15) is 0 Å². The van der Waals surface area contributed by atoms with Crippen molar-refractivity contribution in [2.75, 3.05) is 13.7 Å². The summed E-state index contributed by atoms with van der Waals surface area (Å²) in [6, 6.07) is 5.89. The normalized spacial score (nSPS) is 14.8. The van der Waals surface area contributed by atoms with Crippen LogP contribution in [0.4, 0.5) is 0 Å². The Labute approximate surface area is 112 Å². The highest BCUT2D eigenvalue weighted by atomic mass is 79.9. The quantitative estimate of drug-likeness (QED) is 0.879. The van der Waals surface area contributed by atoms with Gasteiger partial charge in [-0.25, -0.2) is 0 Å².